The van der Waals surface area contributed by atoms with Crippen LogP contribution in [0.15, 0.2) is 36.4 Å². The highest BCUT2D eigenvalue weighted by Crippen LogP contribution is 2.28. The summed E-state index contributed by atoms with van der Waals surface area (Å²) in [6, 6.07) is 3.72. The van der Waals surface area contributed by atoms with Crippen molar-refractivity contribution in [2.24, 2.45) is 5.73 Å². The molecular formula is C15H16ClN3O5. The summed E-state index contributed by atoms with van der Waals surface area (Å²) in [5.74, 6) is -1.14. The van der Waals surface area contributed by atoms with Crippen LogP contribution in [0.2, 0.25) is 0 Å². The van der Waals surface area contributed by atoms with E-state index in [1.54, 1.807) is 6.92 Å². The zero-order valence-electron chi connectivity index (χ0n) is 12.8. The fourth-order valence-corrected chi connectivity index (χ4v) is 2.59. The summed E-state index contributed by atoms with van der Waals surface area (Å²) in [5, 5.41) is 10.6. The van der Waals surface area contributed by atoms with Crippen LogP contribution >= 0.6 is 11.6 Å². The van der Waals surface area contributed by atoms with E-state index >= 15 is 0 Å². The minimum absolute atomic E-state index is 0.0602. The fourth-order valence-electron chi connectivity index (χ4n) is 2.27. The van der Waals surface area contributed by atoms with Crippen LogP contribution in [0.3, 0.4) is 0 Å². The number of amides is 1. The predicted octanol–water partition coefficient (Wildman–Crippen LogP) is 1.32. The van der Waals surface area contributed by atoms with Crippen molar-refractivity contribution in [2.45, 2.75) is 31.1 Å². The van der Waals surface area contributed by atoms with E-state index in [4.69, 9.17) is 22.1 Å². The number of esters is 1. The van der Waals surface area contributed by atoms with Gasteiger partial charge in [0.15, 0.2) is 6.04 Å². The molecule has 9 heteroatoms. The first-order chi connectivity index (χ1) is 11.2. The number of nitro benzene ring substituents is 1. The van der Waals surface area contributed by atoms with Gasteiger partial charge in [-0.2, -0.15) is 0 Å². The Bertz CT molecular complexity index is 691. The molecule has 0 aromatic heterocycles. The Morgan fingerprint density at radius 3 is 2.54 bits per heavy atom. The van der Waals surface area contributed by atoms with Gasteiger partial charge in [0.05, 0.1) is 4.92 Å². The highest BCUT2D eigenvalue weighted by Gasteiger charge is 2.50. The van der Waals surface area contributed by atoms with E-state index in [2.05, 4.69) is 6.58 Å². The molecule has 24 heavy (non-hydrogen) atoms. The van der Waals surface area contributed by atoms with Crippen molar-refractivity contribution in [2.75, 3.05) is 0 Å². The lowest BCUT2D eigenvalue weighted by molar-refractivity contribution is -0.384. The Morgan fingerprint density at radius 1 is 1.50 bits per heavy atom. The van der Waals surface area contributed by atoms with Crippen molar-refractivity contribution in [3.63, 3.8) is 0 Å². The third kappa shape index (κ3) is 3.39. The minimum atomic E-state index is -1.02. The summed E-state index contributed by atoms with van der Waals surface area (Å²) in [4.78, 5) is 35.3. The predicted molar refractivity (Wildman–Crippen MR) is 86.0 cm³/mol. The van der Waals surface area contributed by atoms with Gasteiger partial charge in [0.25, 0.3) is 5.69 Å². The molecule has 0 saturated carbocycles. The van der Waals surface area contributed by atoms with Gasteiger partial charge in [0.1, 0.15) is 18.1 Å². The van der Waals surface area contributed by atoms with E-state index in [1.165, 1.54) is 24.3 Å². The van der Waals surface area contributed by atoms with Crippen molar-refractivity contribution in [3.05, 3.63) is 52.1 Å². The molecule has 3 atom stereocenters. The molecule has 2 rings (SSSR count). The van der Waals surface area contributed by atoms with Crippen LogP contribution in [0, 0.1) is 10.1 Å². The van der Waals surface area contributed by atoms with Crippen LogP contribution in [-0.2, 0) is 20.9 Å². The number of carbonyl (C=O) groups excluding carboxylic acids is 2. The SMILES string of the molecule is C=C(C)C(C(=O)OCc1ccc([N+](=O)[O-])cc1)N1C(=O)C(N)C1Cl. The fraction of sp³-hybridized carbons (Fsp3) is 0.333. The number of alkyl halides is 1. The Morgan fingerprint density at radius 2 is 2.08 bits per heavy atom. The topological polar surface area (TPSA) is 116 Å². The van der Waals surface area contributed by atoms with Gasteiger partial charge in [-0.3, -0.25) is 14.9 Å². The van der Waals surface area contributed by atoms with Crippen molar-refractivity contribution in [3.8, 4) is 0 Å². The first-order valence-corrected chi connectivity index (χ1v) is 7.45. The summed E-state index contributed by atoms with van der Waals surface area (Å²) in [5.41, 5.74) is 5.65. The number of nitrogens with zero attached hydrogens (tertiary/aromatic N) is 2. The molecule has 8 nitrogen and oxygen atoms in total. The van der Waals surface area contributed by atoms with E-state index in [0.29, 0.717) is 11.1 Å². The second kappa shape index (κ2) is 6.98. The smallest absolute Gasteiger partial charge is 0.333 e. The van der Waals surface area contributed by atoms with Gasteiger partial charge in [-0.25, -0.2) is 4.79 Å². The number of nitrogens with two attached hydrogens (primary N) is 1. The van der Waals surface area contributed by atoms with Gasteiger partial charge < -0.3 is 15.4 Å². The number of likely N-dealkylation sites (tertiary alicyclic amines) is 1. The Balaban J connectivity index is 2.02. The van der Waals surface area contributed by atoms with E-state index < -0.39 is 34.4 Å². The molecule has 2 N–H and O–H groups in total. The number of hydrogen-bond donors (Lipinski definition) is 1. The van der Waals surface area contributed by atoms with E-state index in [0.717, 1.165) is 4.90 Å². The molecule has 0 spiro atoms. The molecule has 1 aromatic carbocycles. The molecule has 1 fully saturated rings. The summed E-state index contributed by atoms with van der Waals surface area (Å²) in [7, 11) is 0. The summed E-state index contributed by atoms with van der Waals surface area (Å²) in [6.45, 7) is 5.18. The highest BCUT2D eigenvalue weighted by molar-refractivity contribution is 6.26. The highest BCUT2D eigenvalue weighted by atomic mass is 35.5. The van der Waals surface area contributed by atoms with Crippen LogP contribution in [-0.4, -0.2) is 39.3 Å². The molecule has 1 amide bonds. The molecular weight excluding hydrogens is 338 g/mol. The summed E-state index contributed by atoms with van der Waals surface area (Å²) < 4.78 is 5.18. The first-order valence-electron chi connectivity index (χ1n) is 7.01. The van der Waals surface area contributed by atoms with Crippen LogP contribution in [0.4, 0.5) is 5.69 Å². The maximum Gasteiger partial charge on any atom is 0.333 e. The van der Waals surface area contributed by atoms with Crippen LogP contribution < -0.4 is 5.73 Å². The molecule has 1 saturated heterocycles. The van der Waals surface area contributed by atoms with Crippen LogP contribution in [0.25, 0.3) is 0 Å². The standard InChI is InChI=1S/C15H16ClN3O5/c1-8(2)12(18-13(16)11(17)14(18)20)15(21)24-7-9-3-5-10(6-4-9)19(22)23/h3-6,11-13H,1,7,17H2,2H3. The molecule has 1 aromatic rings. The Labute approximate surface area is 143 Å². The second-order valence-electron chi connectivity index (χ2n) is 5.42. The number of benzene rings is 1. The molecule has 1 aliphatic rings. The Hall–Kier alpha value is -2.45. The average Bonchev–Trinajstić information content (AvgIpc) is 2.56. The quantitative estimate of drug-likeness (QED) is 0.157. The van der Waals surface area contributed by atoms with Crippen molar-refractivity contribution < 1.29 is 19.2 Å². The van der Waals surface area contributed by atoms with Gasteiger partial charge in [0.2, 0.25) is 5.91 Å². The average molecular weight is 354 g/mol. The van der Waals surface area contributed by atoms with Crippen molar-refractivity contribution >= 4 is 29.2 Å². The number of nitro groups is 1. The molecule has 0 radical (unpaired) electrons. The summed E-state index contributed by atoms with van der Waals surface area (Å²) in [6.07, 6.45) is 0. The lowest BCUT2D eigenvalue weighted by Gasteiger charge is -2.45. The molecule has 0 bridgehead atoms. The largest absolute Gasteiger partial charge is 0.459 e. The third-order valence-corrected chi connectivity index (χ3v) is 4.08. The number of rotatable bonds is 6. The normalized spacial score (nSPS) is 21.0. The second-order valence-corrected chi connectivity index (χ2v) is 5.87. The lowest BCUT2D eigenvalue weighted by atomic mass is 10.0. The molecule has 3 unspecified atom stereocenters. The van der Waals surface area contributed by atoms with Gasteiger partial charge in [-0.1, -0.05) is 18.2 Å². The van der Waals surface area contributed by atoms with Gasteiger partial charge in [-0.05, 0) is 30.2 Å². The number of halogens is 1. The van der Waals surface area contributed by atoms with E-state index in [-0.39, 0.29) is 12.3 Å². The van der Waals surface area contributed by atoms with Crippen LogP contribution in [0.5, 0.6) is 0 Å². The zero-order valence-corrected chi connectivity index (χ0v) is 13.6. The molecule has 0 aliphatic carbocycles. The first kappa shape index (κ1) is 17.9. The Kier molecular flexibility index (Phi) is 5.20. The van der Waals surface area contributed by atoms with Crippen LogP contribution in [0.1, 0.15) is 12.5 Å². The molecule has 128 valence electrons. The summed E-state index contributed by atoms with van der Waals surface area (Å²) >= 11 is 5.97. The van der Waals surface area contributed by atoms with Gasteiger partial charge in [-0.15, -0.1) is 0 Å². The maximum atomic E-state index is 12.3. The number of ether oxygens (including phenoxy) is 1. The zero-order chi connectivity index (χ0) is 18.0. The molecule has 1 heterocycles. The van der Waals surface area contributed by atoms with Crippen molar-refractivity contribution in [1.29, 1.82) is 0 Å². The van der Waals surface area contributed by atoms with E-state index in [1.807, 2.05) is 0 Å². The van der Waals surface area contributed by atoms with Gasteiger partial charge >= 0.3 is 5.97 Å². The number of non-ortho nitro benzene ring substituents is 1. The lowest BCUT2D eigenvalue weighted by Crippen LogP contribution is -2.70. The molecule has 1 aliphatic heterocycles. The number of β-lactam (4-membered cyclic amide) rings is 1. The van der Waals surface area contributed by atoms with Crippen molar-refractivity contribution in [1.82, 2.24) is 4.90 Å². The monoisotopic (exact) mass is 353 g/mol. The van der Waals surface area contributed by atoms with E-state index in [9.17, 15) is 19.7 Å². The minimum Gasteiger partial charge on any atom is -0.459 e. The number of hydrogen-bond acceptors (Lipinski definition) is 6. The number of carbonyl (C=O) groups is 2. The third-order valence-electron chi connectivity index (χ3n) is 3.60. The van der Waals surface area contributed by atoms with Gasteiger partial charge in [0, 0.05) is 12.1 Å². The maximum absolute atomic E-state index is 12.3.